The van der Waals surface area contributed by atoms with Gasteiger partial charge in [-0.3, -0.25) is 4.57 Å². The molecular formula is C102H193O8P2+. The van der Waals surface area contributed by atoms with Gasteiger partial charge in [0.05, 0.1) is 5.16 Å². The maximum atomic E-state index is 13.9. The summed E-state index contributed by atoms with van der Waals surface area (Å²) in [4.78, 5) is 33.0. The van der Waals surface area contributed by atoms with E-state index < -0.39 is 26.6 Å². The van der Waals surface area contributed by atoms with E-state index in [0.717, 1.165) is 110 Å². The zero-order valence-corrected chi connectivity index (χ0v) is 79.5. The highest BCUT2D eigenvalue weighted by molar-refractivity contribution is 7.53. The van der Waals surface area contributed by atoms with Crippen molar-refractivity contribution in [3.63, 3.8) is 0 Å². The summed E-state index contributed by atoms with van der Waals surface area (Å²) in [5, 5.41) is 21.8. The van der Waals surface area contributed by atoms with Crippen LogP contribution in [-0.4, -0.2) is 24.9 Å². The molecule has 2 rings (SSSR count). The van der Waals surface area contributed by atoms with E-state index in [-0.39, 0.29) is 27.4 Å². The molecule has 0 aliphatic carbocycles. The molecule has 0 saturated carbocycles. The van der Waals surface area contributed by atoms with E-state index in [1.807, 2.05) is 12.1 Å². The third kappa shape index (κ3) is 51.0. The summed E-state index contributed by atoms with van der Waals surface area (Å²) < 4.78 is 32.7. The average Bonchev–Trinajstić information content (AvgIpc) is 0.759. The van der Waals surface area contributed by atoms with Gasteiger partial charge in [-0.25, -0.2) is 0 Å². The molecule has 112 heavy (non-hydrogen) atoms. The van der Waals surface area contributed by atoms with E-state index in [2.05, 4.69) is 123 Å². The predicted octanol–water partition coefficient (Wildman–Crippen LogP) is 35.8. The molecule has 2 aromatic rings. The van der Waals surface area contributed by atoms with Crippen LogP contribution >= 0.6 is 15.9 Å². The number of hydrogen-bond donors (Lipinski definition) is 5. The van der Waals surface area contributed by atoms with Crippen LogP contribution in [0.3, 0.4) is 0 Å². The van der Waals surface area contributed by atoms with Crippen molar-refractivity contribution in [3.05, 3.63) is 57.6 Å². The molecule has 0 spiro atoms. The molecular weight excluding hydrogens is 1420 g/mol. The molecule has 0 aromatic heterocycles. The summed E-state index contributed by atoms with van der Waals surface area (Å²) in [6.45, 7) is 34.5. The van der Waals surface area contributed by atoms with Crippen LogP contribution in [0, 0.1) is 0 Å². The Kier molecular flexibility index (Phi) is 62.9. The van der Waals surface area contributed by atoms with Gasteiger partial charge in [0, 0.05) is 4.57 Å². The van der Waals surface area contributed by atoms with Gasteiger partial charge in [0.2, 0.25) is 0 Å². The lowest BCUT2D eigenvalue weighted by Gasteiger charge is -2.38. The van der Waals surface area contributed by atoms with Crippen LogP contribution in [0.25, 0.3) is 0 Å². The lowest BCUT2D eigenvalue weighted by molar-refractivity contribution is 0.0377. The fourth-order valence-corrected chi connectivity index (χ4v) is 19.5. The van der Waals surface area contributed by atoms with Crippen molar-refractivity contribution in [2.75, 3.05) is 0 Å². The number of rotatable bonds is 73. The smallest absolute Gasteiger partial charge is 0.507 e. The van der Waals surface area contributed by atoms with Gasteiger partial charge in [-0.15, -0.1) is 9.42 Å². The minimum absolute atomic E-state index is 0.276. The summed E-state index contributed by atoms with van der Waals surface area (Å²) in [7, 11) is -7.35. The summed E-state index contributed by atoms with van der Waals surface area (Å²) in [5.74, 6) is 0.624. The SMILES string of the molecule is CCCCCCCCCCCCCCCCCCC(CCCCCCCCCCCCCCCCCC)(O[P+](=O)O)c1cc(C(C)(C)C)c(O)c(C(C)(C)C)c1.CCCCCCCCCCCCCCCCCCC(CCCCCCCCCCCCCCCCCC)(c1cc(C(C)(C)C)c(O)c(C(C)(C)C)c1)P(=O)(O)O. The minimum Gasteiger partial charge on any atom is -0.507 e. The average molecular weight is 1610 g/mol. The highest BCUT2D eigenvalue weighted by Crippen LogP contribution is 2.63. The van der Waals surface area contributed by atoms with Gasteiger partial charge < -0.3 is 20.0 Å². The second-order valence-corrected chi connectivity index (χ2v) is 42.6. The molecule has 1 unspecified atom stereocenters. The molecule has 1 atom stereocenters. The van der Waals surface area contributed by atoms with Crippen LogP contribution in [0.1, 0.15) is 581 Å². The van der Waals surface area contributed by atoms with E-state index in [0.29, 0.717) is 18.6 Å². The van der Waals surface area contributed by atoms with E-state index in [9.17, 15) is 34.0 Å². The van der Waals surface area contributed by atoms with Crippen LogP contribution in [-0.2, 0) is 46.1 Å². The van der Waals surface area contributed by atoms with Gasteiger partial charge in [-0.1, -0.05) is 534 Å². The van der Waals surface area contributed by atoms with Gasteiger partial charge >= 0.3 is 15.9 Å². The second kappa shape index (κ2) is 65.0. The van der Waals surface area contributed by atoms with E-state index in [1.54, 1.807) is 0 Å². The van der Waals surface area contributed by atoms with E-state index >= 15 is 0 Å². The van der Waals surface area contributed by atoms with Crippen molar-refractivity contribution in [2.24, 2.45) is 0 Å². The number of aromatic hydroxyl groups is 2. The largest absolute Gasteiger partial charge is 0.695 e. The number of phenolic OH excluding ortho intramolecular Hbond substituents is 2. The Hall–Kier alpha value is -1.79. The summed E-state index contributed by atoms with van der Waals surface area (Å²) in [5.41, 5.74) is 2.93. The Balaban J connectivity index is 0.00000112. The van der Waals surface area contributed by atoms with Crippen molar-refractivity contribution in [2.45, 2.75) is 580 Å². The molecule has 10 heteroatoms. The van der Waals surface area contributed by atoms with Crippen molar-refractivity contribution >= 4 is 15.9 Å². The van der Waals surface area contributed by atoms with Crippen LogP contribution in [0.5, 0.6) is 11.5 Å². The van der Waals surface area contributed by atoms with Gasteiger partial charge in [0.15, 0.2) is 5.60 Å². The first-order valence-corrected chi connectivity index (χ1v) is 51.8. The summed E-state index contributed by atoms with van der Waals surface area (Å²) in [6.07, 6.45) is 85.8. The zero-order chi connectivity index (χ0) is 83.3. The Bertz CT molecular complexity index is 2450. The third-order valence-corrected chi connectivity index (χ3v) is 27.4. The number of hydrogen-bond acceptors (Lipinski definition) is 5. The monoisotopic (exact) mass is 1610 g/mol. The first-order valence-electron chi connectivity index (χ1n) is 49.1. The molecule has 0 aliphatic rings. The van der Waals surface area contributed by atoms with Crippen LogP contribution in [0.4, 0.5) is 0 Å². The fourth-order valence-electron chi connectivity index (χ4n) is 17.5. The molecule has 0 fully saturated rings. The number of unbranched alkanes of at least 4 members (excludes halogenated alkanes) is 60. The highest BCUT2D eigenvalue weighted by Gasteiger charge is 2.49. The van der Waals surface area contributed by atoms with Crippen molar-refractivity contribution in [1.82, 2.24) is 0 Å². The standard InChI is InChI=1S/C51H97O4P.C51H95O4P/c1-9-11-13-15-17-19-21-23-25-27-29-31-33-35-37-39-41-51(56(53,54)55,45-43-46(49(3,4)5)48(52)47(44-45)50(6,7)8)42-40-38-36-34-32-30-28-26-24-22-20-18-16-14-12-10-2;1-9-11-13-15-17-19-21-23-25-27-29-31-33-35-37-39-41-51(55-56(53)54,45-43-46(49(3,4)5)48(52)47(44-45)50(6,7)8)42-40-38-36-34-32-30-28-26-24-22-20-18-16-14-12-10-2/h43-44,52H,9-42H2,1-8H3,(H2,53,54,55);43-44H,9-42H2,1-8H3,(H-,52,53,54)/p+1. The van der Waals surface area contributed by atoms with Gasteiger partial charge in [0.25, 0.3) is 0 Å². The highest BCUT2D eigenvalue weighted by atomic mass is 31.2. The topological polar surface area (TPSA) is 145 Å². The normalized spacial score (nSPS) is 12.9. The first-order chi connectivity index (χ1) is 53.4. The second-order valence-electron chi connectivity index (χ2n) is 40.0. The lowest BCUT2D eigenvalue weighted by Crippen LogP contribution is -2.30. The van der Waals surface area contributed by atoms with Crippen molar-refractivity contribution in [3.8, 4) is 11.5 Å². The Labute approximate surface area is 699 Å². The molecule has 8 nitrogen and oxygen atoms in total. The van der Waals surface area contributed by atoms with Gasteiger partial charge in [-0.2, -0.15) is 0 Å². The van der Waals surface area contributed by atoms with Crippen molar-refractivity contribution in [1.29, 1.82) is 0 Å². The van der Waals surface area contributed by atoms with Crippen molar-refractivity contribution < 1.29 is 38.5 Å². The summed E-state index contributed by atoms with van der Waals surface area (Å²) in [6, 6.07) is 8.12. The number of phenols is 2. The van der Waals surface area contributed by atoms with Gasteiger partial charge in [0.1, 0.15) is 11.5 Å². The molecule has 0 radical (unpaired) electrons. The fraction of sp³-hybridized carbons (Fsp3) is 0.882. The maximum absolute atomic E-state index is 13.9. The molecule has 2 aromatic carbocycles. The molecule has 0 heterocycles. The van der Waals surface area contributed by atoms with Crippen LogP contribution < -0.4 is 0 Å². The number of benzene rings is 2. The molecule has 0 bridgehead atoms. The van der Waals surface area contributed by atoms with Crippen LogP contribution in [0.15, 0.2) is 24.3 Å². The van der Waals surface area contributed by atoms with Crippen LogP contribution in [0.2, 0.25) is 0 Å². The summed E-state index contributed by atoms with van der Waals surface area (Å²) >= 11 is 0. The first kappa shape index (κ1) is 108. The maximum Gasteiger partial charge on any atom is 0.695 e. The van der Waals surface area contributed by atoms with Gasteiger partial charge in [-0.05, 0) is 92.9 Å². The minimum atomic E-state index is -4.55. The quantitative estimate of drug-likeness (QED) is 0.0325. The van der Waals surface area contributed by atoms with E-state index in [4.69, 9.17) is 4.52 Å². The Morgan fingerprint density at radius 1 is 0.268 bits per heavy atom. The van der Waals surface area contributed by atoms with E-state index in [1.165, 1.54) is 347 Å². The lowest BCUT2D eigenvalue weighted by atomic mass is 9.74. The molecule has 5 N–H and O–H groups in total. The molecule has 0 amide bonds. The predicted molar refractivity (Wildman–Crippen MR) is 494 cm³/mol. The Morgan fingerprint density at radius 2 is 0.420 bits per heavy atom. The Morgan fingerprint density at radius 3 is 0.571 bits per heavy atom. The molecule has 0 aliphatic heterocycles. The molecule has 0 saturated heterocycles. The molecule has 658 valence electrons. The zero-order valence-electron chi connectivity index (χ0n) is 77.7. The third-order valence-electron chi connectivity index (χ3n) is 25.1.